The fourth-order valence-corrected chi connectivity index (χ4v) is 2.03. The van der Waals surface area contributed by atoms with E-state index in [1.807, 2.05) is 20.8 Å². The van der Waals surface area contributed by atoms with Crippen LogP contribution in [0, 0.1) is 13.8 Å². The zero-order valence-corrected chi connectivity index (χ0v) is 11.1. The van der Waals surface area contributed by atoms with Crippen LogP contribution in [0.1, 0.15) is 18.1 Å². The minimum absolute atomic E-state index is 0.119. The minimum Gasteiger partial charge on any atom is -0.482 e. The van der Waals surface area contributed by atoms with Gasteiger partial charge in [0, 0.05) is 29.0 Å². The quantitative estimate of drug-likeness (QED) is 0.702. The van der Waals surface area contributed by atoms with Crippen molar-refractivity contribution in [3.63, 3.8) is 0 Å². The largest absolute Gasteiger partial charge is 0.482 e. The molecule has 1 aromatic rings. The zero-order valence-electron chi connectivity index (χ0n) is 11.1. The Morgan fingerprint density at radius 2 is 1.89 bits per heavy atom. The molecule has 0 aliphatic carbocycles. The summed E-state index contributed by atoms with van der Waals surface area (Å²) in [6, 6.07) is 1.77. The maximum absolute atomic E-state index is 5.97. The Morgan fingerprint density at radius 3 is 2.39 bits per heavy atom. The molecule has 5 nitrogen and oxygen atoms in total. The summed E-state index contributed by atoms with van der Waals surface area (Å²) in [4.78, 5) is 4.35. The summed E-state index contributed by atoms with van der Waals surface area (Å²) in [6.45, 7) is 7.52. The van der Waals surface area contributed by atoms with Gasteiger partial charge in [-0.05, 0) is 26.8 Å². The third-order valence-corrected chi connectivity index (χ3v) is 3.24. The number of hydrogen-bond donors (Lipinski definition) is 3. The number of nitrogen functional groups attached to an aromatic ring is 2. The van der Waals surface area contributed by atoms with Crippen molar-refractivity contribution in [3.05, 3.63) is 17.2 Å². The Labute approximate surface area is 107 Å². The number of rotatable bonds is 3. The SMILES string of the molecule is Cc1c(N)cc(N)c(C)c1OC(C)C1=NCCN1. The Hall–Kier alpha value is -1.91. The van der Waals surface area contributed by atoms with Crippen LogP contribution in [0.2, 0.25) is 0 Å². The molecule has 18 heavy (non-hydrogen) atoms. The summed E-state index contributed by atoms with van der Waals surface area (Å²) >= 11 is 0. The second-order valence-corrected chi connectivity index (χ2v) is 4.59. The number of nitrogens with one attached hydrogen (secondary N) is 1. The smallest absolute Gasteiger partial charge is 0.152 e. The predicted molar refractivity (Wildman–Crippen MR) is 75.1 cm³/mol. The van der Waals surface area contributed by atoms with Gasteiger partial charge in [-0.25, -0.2) is 0 Å². The van der Waals surface area contributed by atoms with Gasteiger partial charge in [-0.3, -0.25) is 4.99 Å². The van der Waals surface area contributed by atoms with Gasteiger partial charge in [0.1, 0.15) is 11.6 Å². The summed E-state index contributed by atoms with van der Waals surface area (Å²) in [5.41, 5.74) is 15.0. The van der Waals surface area contributed by atoms with Crippen LogP contribution in [0.3, 0.4) is 0 Å². The van der Waals surface area contributed by atoms with E-state index in [2.05, 4.69) is 10.3 Å². The molecule has 0 radical (unpaired) electrons. The van der Waals surface area contributed by atoms with Crippen LogP contribution in [0.5, 0.6) is 5.75 Å². The van der Waals surface area contributed by atoms with Crippen LogP contribution in [0.15, 0.2) is 11.1 Å². The second-order valence-electron chi connectivity index (χ2n) is 4.59. The number of hydrogen-bond acceptors (Lipinski definition) is 5. The molecule has 1 aliphatic heterocycles. The molecular formula is C13H20N4O. The first-order valence-electron chi connectivity index (χ1n) is 6.10. The van der Waals surface area contributed by atoms with Crippen molar-refractivity contribution in [1.29, 1.82) is 0 Å². The maximum atomic E-state index is 5.97. The molecule has 0 aromatic heterocycles. The van der Waals surface area contributed by atoms with Gasteiger partial charge in [0.15, 0.2) is 6.10 Å². The van der Waals surface area contributed by atoms with E-state index < -0.39 is 0 Å². The number of ether oxygens (including phenoxy) is 1. The first-order valence-corrected chi connectivity index (χ1v) is 6.10. The Balaban J connectivity index is 2.28. The molecule has 1 unspecified atom stereocenters. The molecule has 0 saturated carbocycles. The van der Waals surface area contributed by atoms with Crippen molar-refractivity contribution in [2.75, 3.05) is 24.6 Å². The molecular weight excluding hydrogens is 228 g/mol. The third kappa shape index (κ3) is 2.20. The van der Waals surface area contributed by atoms with Crippen molar-refractivity contribution in [2.45, 2.75) is 26.9 Å². The highest BCUT2D eigenvalue weighted by atomic mass is 16.5. The normalized spacial score (nSPS) is 16.1. The fourth-order valence-electron chi connectivity index (χ4n) is 2.03. The van der Waals surface area contributed by atoms with E-state index in [-0.39, 0.29) is 6.10 Å². The lowest BCUT2D eigenvalue weighted by molar-refractivity contribution is 0.280. The number of amidine groups is 1. The maximum Gasteiger partial charge on any atom is 0.152 e. The van der Waals surface area contributed by atoms with Gasteiger partial charge in [-0.1, -0.05) is 0 Å². The summed E-state index contributed by atoms with van der Waals surface area (Å²) in [5, 5.41) is 3.21. The average Bonchev–Trinajstić information content (AvgIpc) is 2.85. The van der Waals surface area contributed by atoms with E-state index in [1.54, 1.807) is 6.07 Å². The van der Waals surface area contributed by atoms with Gasteiger partial charge in [0.25, 0.3) is 0 Å². The highest BCUT2D eigenvalue weighted by molar-refractivity contribution is 5.88. The summed E-state index contributed by atoms with van der Waals surface area (Å²) in [7, 11) is 0. The monoisotopic (exact) mass is 248 g/mol. The molecule has 5 N–H and O–H groups in total. The lowest BCUT2D eigenvalue weighted by atomic mass is 10.1. The Kier molecular flexibility index (Phi) is 3.32. The number of benzene rings is 1. The molecule has 0 amide bonds. The van der Waals surface area contributed by atoms with Crippen molar-refractivity contribution in [1.82, 2.24) is 5.32 Å². The molecule has 0 bridgehead atoms. The fraction of sp³-hybridized carbons (Fsp3) is 0.462. The predicted octanol–water partition coefficient (Wildman–Crippen LogP) is 1.24. The topological polar surface area (TPSA) is 85.7 Å². The van der Waals surface area contributed by atoms with Gasteiger partial charge in [0.2, 0.25) is 0 Å². The van der Waals surface area contributed by atoms with Gasteiger partial charge >= 0.3 is 0 Å². The number of anilines is 2. The summed E-state index contributed by atoms with van der Waals surface area (Å²) < 4.78 is 5.97. The van der Waals surface area contributed by atoms with Crippen LogP contribution in [-0.4, -0.2) is 25.0 Å². The molecule has 1 atom stereocenters. The van der Waals surface area contributed by atoms with Crippen molar-refractivity contribution < 1.29 is 4.74 Å². The molecule has 1 aromatic carbocycles. The highest BCUT2D eigenvalue weighted by Crippen LogP contribution is 2.33. The molecule has 1 aliphatic rings. The van der Waals surface area contributed by atoms with E-state index in [1.165, 1.54) is 0 Å². The number of nitrogens with zero attached hydrogens (tertiary/aromatic N) is 1. The van der Waals surface area contributed by atoms with Crippen molar-refractivity contribution in [3.8, 4) is 5.75 Å². The Bertz CT molecular complexity index is 470. The van der Waals surface area contributed by atoms with Gasteiger partial charge in [-0.2, -0.15) is 0 Å². The van der Waals surface area contributed by atoms with E-state index in [0.717, 1.165) is 35.8 Å². The molecule has 98 valence electrons. The van der Waals surface area contributed by atoms with E-state index >= 15 is 0 Å². The van der Waals surface area contributed by atoms with E-state index in [0.29, 0.717) is 11.4 Å². The van der Waals surface area contributed by atoms with Gasteiger partial charge in [0.05, 0.1) is 6.54 Å². The summed E-state index contributed by atoms with van der Waals surface area (Å²) in [5.74, 6) is 1.64. The first-order chi connectivity index (χ1) is 8.50. The third-order valence-electron chi connectivity index (χ3n) is 3.24. The van der Waals surface area contributed by atoms with Crippen LogP contribution in [-0.2, 0) is 0 Å². The Morgan fingerprint density at radius 1 is 1.28 bits per heavy atom. The van der Waals surface area contributed by atoms with Crippen molar-refractivity contribution >= 4 is 17.2 Å². The lowest BCUT2D eigenvalue weighted by Gasteiger charge is -2.20. The molecule has 5 heteroatoms. The molecule has 0 fully saturated rings. The second kappa shape index (κ2) is 4.76. The molecule has 0 saturated heterocycles. The minimum atomic E-state index is -0.119. The van der Waals surface area contributed by atoms with Gasteiger partial charge < -0.3 is 21.5 Å². The zero-order chi connectivity index (χ0) is 13.3. The first kappa shape index (κ1) is 12.5. The summed E-state index contributed by atoms with van der Waals surface area (Å²) in [6.07, 6.45) is -0.119. The van der Waals surface area contributed by atoms with E-state index in [9.17, 15) is 0 Å². The number of aliphatic imine (C=N–C) groups is 1. The number of nitrogens with two attached hydrogens (primary N) is 2. The molecule has 1 heterocycles. The average molecular weight is 248 g/mol. The lowest BCUT2D eigenvalue weighted by Crippen LogP contribution is -2.33. The van der Waals surface area contributed by atoms with Crippen LogP contribution in [0.25, 0.3) is 0 Å². The van der Waals surface area contributed by atoms with Crippen LogP contribution in [0.4, 0.5) is 11.4 Å². The molecule has 2 rings (SSSR count). The standard InChI is InChI=1S/C13H20N4O/c1-7-10(14)6-11(15)8(2)12(7)18-9(3)13-16-4-5-17-13/h6,9H,4-5,14-15H2,1-3H3,(H,16,17). The van der Waals surface area contributed by atoms with E-state index in [4.69, 9.17) is 16.2 Å². The highest BCUT2D eigenvalue weighted by Gasteiger charge is 2.19. The van der Waals surface area contributed by atoms with Crippen molar-refractivity contribution in [2.24, 2.45) is 4.99 Å². The van der Waals surface area contributed by atoms with Crippen LogP contribution >= 0.6 is 0 Å². The molecule has 0 spiro atoms. The van der Waals surface area contributed by atoms with Gasteiger partial charge in [-0.15, -0.1) is 0 Å². The van der Waals surface area contributed by atoms with Crippen LogP contribution < -0.4 is 21.5 Å².